The Bertz CT molecular complexity index is 661. The molecule has 1 aliphatic rings. The van der Waals surface area contributed by atoms with Gasteiger partial charge in [-0.2, -0.15) is 0 Å². The Hall–Kier alpha value is -1.63. The monoisotopic (exact) mass is 284 g/mol. The van der Waals surface area contributed by atoms with Crippen molar-refractivity contribution in [3.63, 3.8) is 0 Å². The van der Waals surface area contributed by atoms with Crippen LogP contribution in [0.2, 0.25) is 0 Å². The number of H-pyrrole nitrogens is 1. The first-order valence-electron chi connectivity index (χ1n) is 6.14. The maximum Gasteiger partial charge on any atom is 0.270 e. The van der Waals surface area contributed by atoms with E-state index in [1.54, 1.807) is 0 Å². The van der Waals surface area contributed by atoms with Gasteiger partial charge in [0.15, 0.2) is 0 Å². The second kappa shape index (κ2) is 5.16. The minimum Gasteiger partial charge on any atom is -0.325 e. The quantitative estimate of drug-likeness (QED) is 0.765. The number of carbonyl (C=O) groups excluding carboxylic acids is 1. The molecule has 104 valence electrons. The molecule has 0 saturated heterocycles. The molecular weight excluding hydrogens is 268 g/mol. The summed E-state index contributed by atoms with van der Waals surface area (Å²) in [6.45, 7) is 0. The molecule has 0 spiro atoms. The predicted octanol–water partition coefficient (Wildman–Crippen LogP) is 0.333. The number of sulfonamides is 1. The van der Waals surface area contributed by atoms with Crippen molar-refractivity contribution in [3.8, 4) is 0 Å². The van der Waals surface area contributed by atoms with Gasteiger partial charge < -0.3 is 4.98 Å². The molecule has 0 atom stereocenters. The number of nitrogens with one attached hydrogen (secondary N) is 2. The molecule has 0 aromatic carbocycles. The van der Waals surface area contributed by atoms with Crippen LogP contribution in [-0.2, 0) is 22.9 Å². The van der Waals surface area contributed by atoms with Crippen LogP contribution in [0, 0.1) is 0 Å². The Labute approximate surface area is 111 Å². The maximum absolute atomic E-state index is 11.8. The lowest BCUT2D eigenvalue weighted by Crippen LogP contribution is -2.34. The van der Waals surface area contributed by atoms with E-state index in [4.69, 9.17) is 0 Å². The van der Waals surface area contributed by atoms with Gasteiger partial charge in [-0.3, -0.25) is 9.59 Å². The summed E-state index contributed by atoms with van der Waals surface area (Å²) in [5, 5.41) is 0. The summed E-state index contributed by atoms with van der Waals surface area (Å²) in [7, 11) is -3.67. The number of carbonyl (C=O) groups is 1. The molecule has 1 heterocycles. The number of rotatable bonds is 2. The minimum atomic E-state index is -3.67. The van der Waals surface area contributed by atoms with Crippen molar-refractivity contribution in [1.29, 1.82) is 0 Å². The SMILES string of the molecule is CS(=O)(=O)NC(=O)c1cc2c([nH]c1=O)CCCCC2. The van der Waals surface area contributed by atoms with E-state index in [0.29, 0.717) is 0 Å². The van der Waals surface area contributed by atoms with Crippen molar-refractivity contribution in [1.82, 2.24) is 9.71 Å². The van der Waals surface area contributed by atoms with Crippen LogP contribution in [0.25, 0.3) is 0 Å². The number of pyridine rings is 1. The molecule has 6 nitrogen and oxygen atoms in total. The number of aromatic amines is 1. The largest absolute Gasteiger partial charge is 0.325 e. The Balaban J connectivity index is 2.39. The van der Waals surface area contributed by atoms with Crippen LogP contribution in [0.15, 0.2) is 10.9 Å². The van der Waals surface area contributed by atoms with Gasteiger partial charge in [-0.05, 0) is 37.3 Å². The molecule has 1 aromatic heterocycles. The topological polar surface area (TPSA) is 96.1 Å². The third-order valence-corrected chi connectivity index (χ3v) is 3.67. The number of fused-ring (bicyclic) bond motifs is 1. The van der Waals surface area contributed by atoms with Crippen LogP contribution in [-0.4, -0.2) is 25.6 Å². The van der Waals surface area contributed by atoms with Crippen molar-refractivity contribution < 1.29 is 13.2 Å². The van der Waals surface area contributed by atoms with Crippen LogP contribution in [0.4, 0.5) is 0 Å². The molecule has 19 heavy (non-hydrogen) atoms. The molecule has 0 fully saturated rings. The second-order valence-corrected chi connectivity index (χ2v) is 6.53. The first-order chi connectivity index (χ1) is 8.87. The predicted molar refractivity (Wildman–Crippen MR) is 70.6 cm³/mol. The third-order valence-electron chi connectivity index (χ3n) is 3.11. The summed E-state index contributed by atoms with van der Waals surface area (Å²) in [6, 6.07) is 1.51. The lowest BCUT2D eigenvalue weighted by molar-refractivity contribution is 0.0980. The zero-order valence-electron chi connectivity index (χ0n) is 10.7. The molecule has 7 heteroatoms. The van der Waals surface area contributed by atoms with Gasteiger partial charge in [0.25, 0.3) is 11.5 Å². The lowest BCUT2D eigenvalue weighted by Gasteiger charge is -2.08. The van der Waals surface area contributed by atoms with E-state index in [0.717, 1.165) is 49.6 Å². The molecule has 0 unspecified atom stereocenters. The van der Waals surface area contributed by atoms with E-state index < -0.39 is 21.5 Å². The van der Waals surface area contributed by atoms with Crippen LogP contribution < -0.4 is 10.3 Å². The molecule has 2 N–H and O–H groups in total. The van der Waals surface area contributed by atoms with Crippen molar-refractivity contribution in [2.24, 2.45) is 0 Å². The Morgan fingerprint density at radius 1 is 1.26 bits per heavy atom. The molecule has 2 rings (SSSR count). The van der Waals surface area contributed by atoms with Crippen LogP contribution in [0.1, 0.15) is 40.9 Å². The van der Waals surface area contributed by atoms with E-state index in [1.165, 1.54) is 6.07 Å². The average molecular weight is 284 g/mol. The highest BCUT2D eigenvalue weighted by molar-refractivity contribution is 7.89. The van der Waals surface area contributed by atoms with Crippen molar-refractivity contribution in [2.75, 3.05) is 6.26 Å². The van der Waals surface area contributed by atoms with Gasteiger partial charge in [0.2, 0.25) is 10.0 Å². The summed E-state index contributed by atoms with van der Waals surface area (Å²) >= 11 is 0. The van der Waals surface area contributed by atoms with Crippen LogP contribution >= 0.6 is 0 Å². The lowest BCUT2D eigenvalue weighted by atomic mass is 10.1. The molecule has 1 aromatic rings. The Morgan fingerprint density at radius 2 is 1.95 bits per heavy atom. The zero-order chi connectivity index (χ0) is 14.0. The smallest absolute Gasteiger partial charge is 0.270 e. The average Bonchev–Trinajstić information content (AvgIpc) is 2.50. The fraction of sp³-hybridized carbons (Fsp3) is 0.500. The first kappa shape index (κ1) is 13.8. The summed E-state index contributed by atoms with van der Waals surface area (Å²) in [5.74, 6) is -0.879. The fourth-order valence-corrected chi connectivity index (χ4v) is 2.69. The number of aryl methyl sites for hydroxylation is 2. The highest BCUT2D eigenvalue weighted by atomic mass is 32.2. The normalized spacial score (nSPS) is 15.4. The number of amides is 1. The highest BCUT2D eigenvalue weighted by Gasteiger charge is 2.18. The molecule has 0 bridgehead atoms. The summed E-state index contributed by atoms with van der Waals surface area (Å²) in [4.78, 5) is 26.3. The van der Waals surface area contributed by atoms with E-state index in [1.807, 2.05) is 4.72 Å². The van der Waals surface area contributed by atoms with Gasteiger partial charge >= 0.3 is 0 Å². The maximum atomic E-state index is 11.8. The molecule has 0 saturated carbocycles. The highest BCUT2D eigenvalue weighted by Crippen LogP contribution is 2.18. The molecule has 1 amide bonds. The molecule has 0 aliphatic heterocycles. The van der Waals surface area contributed by atoms with E-state index in [2.05, 4.69) is 4.98 Å². The van der Waals surface area contributed by atoms with Crippen molar-refractivity contribution in [3.05, 3.63) is 33.2 Å². The molecule has 1 aliphatic carbocycles. The van der Waals surface area contributed by atoms with E-state index in [9.17, 15) is 18.0 Å². The van der Waals surface area contributed by atoms with Gasteiger partial charge in [0, 0.05) is 5.69 Å². The van der Waals surface area contributed by atoms with Gasteiger partial charge in [0.05, 0.1) is 6.26 Å². The van der Waals surface area contributed by atoms with Crippen molar-refractivity contribution in [2.45, 2.75) is 32.1 Å². The second-order valence-electron chi connectivity index (χ2n) is 4.78. The standard InChI is InChI=1S/C12H16N2O4S/c1-19(17,18)14-12(16)9-7-8-5-3-2-4-6-10(8)13-11(9)15/h7H,2-6H2,1H3,(H,13,15)(H,14,16). The van der Waals surface area contributed by atoms with E-state index in [-0.39, 0.29) is 5.56 Å². The number of hydrogen-bond donors (Lipinski definition) is 2. The van der Waals surface area contributed by atoms with Crippen LogP contribution in [0.5, 0.6) is 0 Å². The van der Waals surface area contributed by atoms with E-state index >= 15 is 0 Å². The van der Waals surface area contributed by atoms with Crippen molar-refractivity contribution >= 4 is 15.9 Å². The molecule has 0 radical (unpaired) electrons. The van der Waals surface area contributed by atoms with Gasteiger partial charge in [-0.1, -0.05) is 6.42 Å². The fourth-order valence-electron chi connectivity index (χ4n) is 2.24. The van der Waals surface area contributed by atoms with Gasteiger partial charge in [-0.25, -0.2) is 13.1 Å². The summed E-state index contributed by atoms with van der Waals surface area (Å²) < 4.78 is 23.9. The third kappa shape index (κ3) is 3.44. The van der Waals surface area contributed by atoms with Gasteiger partial charge in [-0.15, -0.1) is 0 Å². The number of hydrogen-bond acceptors (Lipinski definition) is 4. The molecular formula is C12H16N2O4S. The number of aromatic nitrogens is 1. The zero-order valence-corrected chi connectivity index (χ0v) is 11.5. The Morgan fingerprint density at radius 3 is 2.63 bits per heavy atom. The van der Waals surface area contributed by atoms with Crippen LogP contribution in [0.3, 0.4) is 0 Å². The van der Waals surface area contributed by atoms with Gasteiger partial charge in [0.1, 0.15) is 5.56 Å². The first-order valence-corrected chi connectivity index (χ1v) is 8.03. The minimum absolute atomic E-state index is 0.147. The Kier molecular flexibility index (Phi) is 3.75. The summed E-state index contributed by atoms with van der Waals surface area (Å²) in [6.07, 6.45) is 5.57. The summed E-state index contributed by atoms with van der Waals surface area (Å²) in [5.41, 5.74) is 1.10.